The van der Waals surface area contributed by atoms with Gasteiger partial charge in [0.15, 0.2) is 0 Å². The molecule has 3 aliphatic carbocycles. The molecule has 2 saturated carbocycles. The van der Waals surface area contributed by atoms with E-state index in [4.69, 9.17) is 4.98 Å². The number of rotatable bonds is 1. The maximum Gasteiger partial charge on any atom is 0.0705 e. The second-order valence-electron chi connectivity index (χ2n) is 13.6. The van der Waals surface area contributed by atoms with Crippen molar-refractivity contribution < 1.29 is 0 Å². The van der Waals surface area contributed by atoms with Crippen LogP contribution in [-0.4, -0.2) is 4.98 Å². The van der Waals surface area contributed by atoms with Gasteiger partial charge in [-0.15, -0.1) is 0 Å². The molecule has 0 amide bonds. The van der Waals surface area contributed by atoms with Crippen LogP contribution in [-0.2, 0) is 10.8 Å². The Hall–Kier alpha value is -2.41. The van der Waals surface area contributed by atoms with Gasteiger partial charge in [-0.1, -0.05) is 52.0 Å². The first-order chi connectivity index (χ1) is 15.9. The van der Waals surface area contributed by atoms with Crippen LogP contribution in [0.4, 0.5) is 0 Å². The number of nitrogens with zero attached hydrogens (tertiary/aromatic N) is 1. The predicted molar refractivity (Wildman–Crippen MR) is 143 cm³/mol. The first-order valence-electron chi connectivity index (χ1n) is 13.1. The quantitative estimate of drug-likeness (QED) is 0.362. The summed E-state index contributed by atoms with van der Waals surface area (Å²) < 4.78 is 0. The molecule has 0 bridgehead atoms. The molecule has 0 radical (unpaired) electrons. The minimum Gasteiger partial charge on any atom is -0.256 e. The van der Waals surface area contributed by atoms with Gasteiger partial charge >= 0.3 is 0 Å². The Bertz CT molecular complexity index is 1330. The van der Waals surface area contributed by atoms with Crippen LogP contribution in [0.3, 0.4) is 0 Å². The SMILES string of the molecule is Cc1cnc(-c2ccc3c(c2)-c2cc(C)c(C)cc2C24CC(C)(C)CC32CC(C)(C)C4)cc1C. The highest BCUT2D eigenvalue weighted by atomic mass is 14.7. The zero-order valence-corrected chi connectivity index (χ0v) is 22.3. The van der Waals surface area contributed by atoms with Gasteiger partial charge in [0.25, 0.3) is 0 Å². The van der Waals surface area contributed by atoms with Gasteiger partial charge in [-0.2, -0.15) is 0 Å². The first-order valence-corrected chi connectivity index (χ1v) is 13.1. The Morgan fingerprint density at radius 1 is 0.588 bits per heavy atom. The highest BCUT2D eigenvalue weighted by Crippen LogP contribution is 2.76. The van der Waals surface area contributed by atoms with E-state index in [1.807, 2.05) is 6.20 Å². The Balaban J connectivity index is 1.68. The Labute approximate surface area is 206 Å². The summed E-state index contributed by atoms with van der Waals surface area (Å²) in [4.78, 5) is 4.82. The fraction of sp³-hybridized carbons (Fsp3) is 0.485. The summed E-state index contributed by atoms with van der Waals surface area (Å²) in [6.07, 6.45) is 7.17. The van der Waals surface area contributed by atoms with E-state index in [2.05, 4.69) is 91.8 Å². The maximum absolute atomic E-state index is 4.82. The molecule has 34 heavy (non-hydrogen) atoms. The van der Waals surface area contributed by atoms with Crippen molar-refractivity contribution in [1.82, 2.24) is 4.98 Å². The van der Waals surface area contributed by atoms with Crippen LogP contribution in [0.15, 0.2) is 42.6 Å². The standard InChI is InChI=1S/C33H39N/c1-20-11-25-26-14-24(29-13-22(3)23(4)15-34-29)9-10-27(26)32-16-30(5,6)18-33(32,19-31(7,8)17-32)28(25)12-21(20)2/h9-15H,16-19H2,1-8H3. The lowest BCUT2D eigenvalue weighted by Gasteiger charge is -2.48. The molecule has 1 aromatic heterocycles. The summed E-state index contributed by atoms with van der Waals surface area (Å²) in [5.74, 6) is 0. The lowest BCUT2D eigenvalue weighted by atomic mass is 9.55. The van der Waals surface area contributed by atoms with Crippen LogP contribution in [0, 0.1) is 38.5 Å². The summed E-state index contributed by atoms with van der Waals surface area (Å²) in [5, 5.41) is 0. The Morgan fingerprint density at radius 2 is 1.12 bits per heavy atom. The second-order valence-corrected chi connectivity index (χ2v) is 13.6. The van der Waals surface area contributed by atoms with Crippen molar-refractivity contribution in [1.29, 1.82) is 0 Å². The van der Waals surface area contributed by atoms with Gasteiger partial charge in [0.1, 0.15) is 0 Å². The summed E-state index contributed by atoms with van der Waals surface area (Å²) in [6.45, 7) is 19.0. The van der Waals surface area contributed by atoms with Crippen molar-refractivity contribution in [2.45, 2.75) is 91.9 Å². The Kier molecular flexibility index (Phi) is 4.30. The fourth-order valence-corrected chi connectivity index (χ4v) is 8.65. The Morgan fingerprint density at radius 3 is 1.74 bits per heavy atom. The molecule has 1 heterocycles. The van der Waals surface area contributed by atoms with Crippen LogP contribution in [0.1, 0.15) is 86.8 Å². The van der Waals surface area contributed by atoms with E-state index in [-0.39, 0.29) is 10.8 Å². The number of fused-ring (bicyclic) bond motifs is 3. The van der Waals surface area contributed by atoms with Crippen molar-refractivity contribution in [3.05, 3.63) is 76.0 Å². The summed E-state index contributed by atoms with van der Waals surface area (Å²) >= 11 is 0. The summed E-state index contributed by atoms with van der Waals surface area (Å²) in [7, 11) is 0. The summed E-state index contributed by atoms with van der Waals surface area (Å²) in [5.41, 5.74) is 15.1. The fourth-order valence-electron chi connectivity index (χ4n) is 8.65. The van der Waals surface area contributed by atoms with Crippen molar-refractivity contribution in [2.24, 2.45) is 10.8 Å². The number of hydrogen-bond acceptors (Lipinski definition) is 1. The molecule has 6 rings (SSSR count). The van der Waals surface area contributed by atoms with Crippen molar-refractivity contribution >= 4 is 0 Å². The highest BCUT2D eigenvalue weighted by molar-refractivity contribution is 5.83. The average molecular weight is 450 g/mol. The molecule has 0 atom stereocenters. The number of hydrogen-bond donors (Lipinski definition) is 0. The van der Waals surface area contributed by atoms with Gasteiger partial charge in [-0.05, 0) is 121 Å². The molecular weight excluding hydrogens is 410 g/mol. The van der Waals surface area contributed by atoms with E-state index in [1.54, 1.807) is 11.1 Å². The molecule has 1 heteroatoms. The van der Waals surface area contributed by atoms with Crippen LogP contribution in [0.25, 0.3) is 22.4 Å². The minimum absolute atomic E-state index is 0.221. The van der Waals surface area contributed by atoms with Crippen molar-refractivity contribution in [2.75, 3.05) is 0 Å². The van der Waals surface area contributed by atoms with E-state index in [0.717, 1.165) is 5.69 Å². The van der Waals surface area contributed by atoms with Gasteiger partial charge in [-0.25, -0.2) is 0 Å². The van der Waals surface area contributed by atoms with Gasteiger partial charge in [0, 0.05) is 22.6 Å². The molecule has 0 aliphatic heterocycles. The van der Waals surface area contributed by atoms with Gasteiger partial charge in [0.2, 0.25) is 0 Å². The molecule has 2 fully saturated rings. The third kappa shape index (κ3) is 2.82. The predicted octanol–water partition coefficient (Wildman–Crippen LogP) is 8.78. The van der Waals surface area contributed by atoms with Crippen LogP contribution >= 0.6 is 0 Å². The van der Waals surface area contributed by atoms with Crippen molar-refractivity contribution in [3.63, 3.8) is 0 Å². The lowest BCUT2D eigenvalue weighted by molar-refractivity contribution is 0.264. The molecule has 2 aromatic carbocycles. The number of pyridine rings is 1. The second kappa shape index (κ2) is 6.62. The van der Waals surface area contributed by atoms with Crippen LogP contribution in [0.5, 0.6) is 0 Å². The average Bonchev–Trinajstić information content (AvgIpc) is 3.11. The van der Waals surface area contributed by atoms with E-state index in [9.17, 15) is 0 Å². The van der Waals surface area contributed by atoms with Gasteiger partial charge in [-0.3, -0.25) is 4.98 Å². The molecule has 0 saturated heterocycles. The molecule has 176 valence electrons. The first kappa shape index (κ1) is 22.1. The molecule has 1 nitrogen and oxygen atoms in total. The molecule has 3 aliphatic rings. The zero-order valence-electron chi connectivity index (χ0n) is 22.3. The maximum atomic E-state index is 4.82. The normalized spacial score (nSPS) is 27.6. The van der Waals surface area contributed by atoms with E-state index in [0.29, 0.717) is 10.8 Å². The third-order valence-electron chi connectivity index (χ3n) is 9.68. The molecule has 0 spiro atoms. The molecule has 0 unspecified atom stereocenters. The molecule has 3 aromatic rings. The summed E-state index contributed by atoms with van der Waals surface area (Å²) in [6, 6.07) is 14.6. The molecular formula is C33H39N. The third-order valence-corrected chi connectivity index (χ3v) is 9.68. The van der Waals surface area contributed by atoms with Crippen molar-refractivity contribution in [3.8, 4) is 22.4 Å². The highest BCUT2D eigenvalue weighted by Gasteiger charge is 2.70. The van der Waals surface area contributed by atoms with E-state index >= 15 is 0 Å². The zero-order chi connectivity index (χ0) is 24.3. The number of aromatic nitrogens is 1. The van der Waals surface area contributed by atoms with Crippen LogP contribution in [0.2, 0.25) is 0 Å². The topological polar surface area (TPSA) is 12.9 Å². The van der Waals surface area contributed by atoms with E-state index in [1.165, 1.54) is 64.6 Å². The molecule has 0 N–H and O–H groups in total. The largest absolute Gasteiger partial charge is 0.256 e. The minimum atomic E-state index is 0.221. The lowest BCUT2D eigenvalue weighted by Crippen LogP contribution is -2.43. The van der Waals surface area contributed by atoms with Gasteiger partial charge < -0.3 is 0 Å². The monoisotopic (exact) mass is 449 g/mol. The van der Waals surface area contributed by atoms with Gasteiger partial charge in [0.05, 0.1) is 5.69 Å². The van der Waals surface area contributed by atoms with E-state index < -0.39 is 0 Å². The number of benzene rings is 2. The smallest absolute Gasteiger partial charge is 0.0705 e. The van der Waals surface area contributed by atoms with Crippen LogP contribution < -0.4 is 0 Å². The number of aryl methyl sites for hydroxylation is 4.